The number of amides is 11. The number of rotatable bonds is 33. The summed E-state index contributed by atoms with van der Waals surface area (Å²) in [5, 5.41) is 47.5. The number of nitrogens with zero attached hydrogens (tertiary/aromatic N) is 4. The van der Waals surface area contributed by atoms with Crippen molar-refractivity contribution in [1.82, 2.24) is 57.7 Å². The van der Waals surface area contributed by atoms with Crippen molar-refractivity contribution < 1.29 is 63.0 Å². The first-order valence-electron chi connectivity index (χ1n) is 31.9. The van der Waals surface area contributed by atoms with Crippen molar-refractivity contribution in [2.24, 2.45) is 38.1 Å². The van der Waals surface area contributed by atoms with E-state index in [1.807, 2.05) is 30.3 Å². The number of aromatic amines is 1. The van der Waals surface area contributed by atoms with Crippen LogP contribution in [0.15, 0.2) is 111 Å². The lowest BCUT2D eigenvalue weighted by atomic mass is 9.98. The van der Waals surface area contributed by atoms with Gasteiger partial charge in [0.25, 0.3) is 0 Å². The van der Waals surface area contributed by atoms with Crippen LogP contribution in [0.25, 0.3) is 21.7 Å². The molecular weight excluding hydrogens is 1320 g/mol. The van der Waals surface area contributed by atoms with Crippen molar-refractivity contribution in [2.75, 3.05) is 32.8 Å². The van der Waals surface area contributed by atoms with Gasteiger partial charge < -0.3 is 85.1 Å². The van der Waals surface area contributed by atoms with Gasteiger partial charge in [-0.05, 0) is 106 Å². The predicted molar refractivity (Wildman–Crippen MR) is 363 cm³/mol. The van der Waals surface area contributed by atoms with E-state index in [9.17, 15) is 53.4 Å². The van der Waals surface area contributed by atoms with Crippen LogP contribution in [0.1, 0.15) is 81.9 Å². The van der Waals surface area contributed by atoms with Crippen molar-refractivity contribution in [1.29, 1.82) is 0 Å². The number of aliphatic hydroxyl groups excluding tert-OH is 1. The maximum atomic E-state index is 15.2. The number of carbonyl (C=O) groups excluding carboxylic acids is 11. The Kier molecular flexibility index (Phi) is 25.7. The number of aromatic nitrogens is 1. The van der Waals surface area contributed by atoms with E-state index < -0.39 is 127 Å². The Morgan fingerprint density at radius 3 is 1.91 bits per heavy atom. The van der Waals surface area contributed by atoms with Gasteiger partial charge in [-0.2, -0.15) is 0 Å². The number of H-pyrrole nitrogens is 1. The largest absolute Gasteiger partial charge is 0.508 e. The molecule has 4 aromatic carbocycles. The average molecular weight is 1400 g/mol. The van der Waals surface area contributed by atoms with Gasteiger partial charge in [0.05, 0.1) is 19.7 Å². The summed E-state index contributed by atoms with van der Waals surface area (Å²) in [6.07, 6.45) is 3.28. The quantitative estimate of drug-likeness (QED) is 0.0137. The molecule has 11 amide bonds. The first-order chi connectivity index (χ1) is 46.4. The fourth-order valence-corrected chi connectivity index (χ4v) is 12.4. The minimum Gasteiger partial charge on any atom is -0.508 e. The highest BCUT2D eigenvalue weighted by atomic mass is 79.9. The fourth-order valence-electron chi connectivity index (χ4n) is 11.7. The number of phenols is 1. The molecule has 97 heavy (non-hydrogen) atoms. The van der Waals surface area contributed by atoms with Crippen molar-refractivity contribution in [3.8, 4) is 5.75 Å². The fraction of sp³-hybridized carbons (Fsp3) is 0.424. The lowest BCUT2D eigenvalue weighted by molar-refractivity contribution is -0.142. The second-order valence-electron chi connectivity index (χ2n) is 24.5. The Balaban J connectivity index is 1.07. The number of carbonyl (C=O) groups is 11. The molecule has 0 unspecified atom stereocenters. The van der Waals surface area contributed by atoms with Crippen LogP contribution in [0.4, 0.5) is 0 Å². The van der Waals surface area contributed by atoms with E-state index in [1.165, 1.54) is 35.5 Å². The number of aliphatic imine (C=N–C) groups is 3. The summed E-state index contributed by atoms with van der Waals surface area (Å²) < 4.78 is 0.576. The highest BCUT2D eigenvalue weighted by Crippen LogP contribution is 2.29. The molecule has 0 radical (unpaired) electrons. The summed E-state index contributed by atoms with van der Waals surface area (Å²) in [6, 6.07) is 11.5. The smallest absolute Gasteiger partial charge is 0.245 e. The van der Waals surface area contributed by atoms with E-state index in [-0.39, 0.29) is 107 Å². The third-order valence-electron chi connectivity index (χ3n) is 16.7. The van der Waals surface area contributed by atoms with E-state index in [0.717, 1.165) is 10.8 Å². The summed E-state index contributed by atoms with van der Waals surface area (Å²) in [5.41, 5.74) is 19.1. The molecule has 3 aliphatic rings. The summed E-state index contributed by atoms with van der Waals surface area (Å²) in [6.45, 7) is 2.45. The third kappa shape index (κ3) is 20.4. The number of phenolic OH excluding ortho intramolecular Hbond substituents is 1. The highest BCUT2D eigenvalue weighted by Gasteiger charge is 2.40. The van der Waals surface area contributed by atoms with E-state index in [0.29, 0.717) is 44.2 Å². The van der Waals surface area contributed by atoms with Gasteiger partial charge in [-0.1, -0.05) is 80.6 Å². The highest BCUT2D eigenvalue weighted by molar-refractivity contribution is 9.10. The molecular formula is C66H82BrN17O13. The van der Waals surface area contributed by atoms with Gasteiger partial charge in [-0.15, -0.1) is 0 Å². The number of fused-ring (bicyclic) bond motifs is 2. The zero-order valence-electron chi connectivity index (χ0n) is 53.6. The summed E-state index contributed by atoms with van der Waals surface area (Å²) >= 11 is 3.71. The molecule has 0 spiro atoms. The minimum absolute atomic E-state index is 0.0123. The van der Waals surface area contributed by atoms with Crippen LogP contribution in [0.3, 0.4) is 0 Å². The number of halogens is 1. The van der Waals surface area contributed by atoms with Crippen LogP contribution >= 0.6 is 15.9 Å². The normalized spacial score (nSPS) is 17.1. The number of primary amides is 1. The van der Waals surface area contributed by atoms with Gasteiger partial charge in [0, 0.05) is 72.5 Å². The van der Waals surface area contributed by atoms with Crippen molar-refractivity contribution >= 4 is 121 Å². The standard InChI is InChI=1S/C66H82BrN17O13/c1-35(2)25-47(58(90)77-46(13-7-23-72-66(69)70)65(97)84-24-8-14-53(84)64(96)74-32-54(68)87)78-60(92)49(27-38-18-17-37-9-3-4-11-43(37)56(38)67)80-59(91)48(26-36-15-19-41(86)20-16-36)79-63(95)52(33-85)83-61(93)50(28-39-30-73-44-12-6-5-10-42(39)44)81-62(94)51(29-40-31-71-34-75-40)82-57(89)45-21-22-55(88)76-45/h3-6,9-12,15-20,30,34-35,45-53,73,85-86H,7-8,13-14,21-29,31-33H2,1-2H3,(H2,68,87)(H,74,96)(H,76,88)(H,77,90)(H,78,92)(H,79,95)(H,80,91)(H,81,94)(H,82,89)(H,83,93)(H4,69,70,72)/t45-,46-,47-,48-,49+,50-,51-,52-,53-/m0/s1. The van der Waals surface area contributed by atoms with Gasteiger partial charge in [0.2, 0.25) is 65.0 Å². The summed E-state index contributed by atoms with van der Waals surface area (Å²) in [5.74, 6) is -9.10. The van der Waals surface area contributed by atoms with E-state index in [2.05, 4.69) is 83.7 Å². The van der Waals surface area contributed by atoms with E-state index in [4.69, 9.17) is 17.2 Å². The molecule has 1 aromatic heterocycles. The molecule has 0 aliphatic carbocycles. The summed E-state index contributed by atoms with van der Waals surface area (Å²) in [4.78, 5) is 171. The number of nitrogens with one attached hydrogen (secondary N) is 10. The molecule has 3 aliphatic heterocycles. The molecule has 9 atom stereocenters. The Morgan fingerprint density at radius 2 is 1.28 bits per heavy atom. The SMILES string of the molecule is CC(C)C[C@H](NC(=O)[C@@H](Cc1ccc2ccccc2c1Br)NC(=O)[C@H](Cc1ccc(O)cc1)NC(=O)[C@H](CO)NC(=O)[C@H](Cc1c[nH]c2ccccc12)NC(=O)[C@H](CC1=NC=NC1)NC(=O)[C@@H]1CCC(=O)N1)C(=O)N[C@@H](CCCN=C(N)N)C(=O)N1CCC[C@H]1C(=O)NCC(N)=O. The van der Waals surface area contributed by atoms with Gasteiger partial charge >= 0.3 is 0 Å². The predicted octanol–water partition coefficient (Wildman–Crippen LogP) is -0.953. The lowest BCUT2D eigenvalue weighted by Gasteiger charge is -2.30. The number of likely N-dealkylation sites (tertiary alicyclic amines) is 1. The first kappa shape index (κ1) is 72.5. The molecule has 0 bridgehead atoms. The van der Waals surface area contributed by atoms with Crippen LogP contribution in [-0.2, 0) is 72.0 Å². The van der Waals surface area contributed by atoms with Gasteiger partial charge in [0.15, 0.2) is 5.96 Å². The zero-order chi connectivity index (χ0) is 69.9. The number of aliphatic hydroxyl groups is 1. The second kappa shape index (κ2) is 34.4. The number of hydrogen-bond acceptors (Lipinski definition) is 16. The number of nitrogens with two attached hydrogens (primary N) is 3. The van der Waals surface area contributed by atoms with Crippen LogP contribution < -0.4 is 65.1 Å². The van der Waals surface area contributed by atoms with Crippen LogP contribution in [0, 0.1) is 5.92 Å². The number of para-hydroxylation sites is 1. The molecule has 8 rings (SSSR count). The average Bonchev–Trinajstić information content (AvgIpc) is 1.82. The summed E-state index contributed by atoms with van der Waals surface area (Å²) in [7, 11) is 0. The molecule has 5 aromatic rings. The third-order valence-corrected chi connectivity index (χ3v) is 17.6. The van der Waals surface area contributed by atoms with Crippen LogP contribution in [-0.4, -0.2) is 190 Å². The Bertz CT molecular complexity index is 3840. The van der Waals surface area contributed by atoms with E-state index >= 15 is 9.59 Å². The van der Waals surface area contributed by atoms with Gasteiger partial charge in [0.1, 0.15) is 66.5 Å². The van der Waals surface area contributed by atoms with Crippen LogP contribution in [0.2, 0.25) is 0 Å². The number of aromatic hydroxyl groups is 1. The molecule has 2 saturated heterocycles. The molecule has 30 nitrogen and oxygen atoms in total. The minimum atomic E-state index is -1.81. The molecule has 0 saturated carbocycles. The molecule has 18 N–H and O–H groups in total. The maximum Gasteiger partial charge on any atom is 0.245 e. The van der Waals surface area contributed by atoms with E-state index in [1.54, 1.807) is 50.4 Å². The van der Waals surface area contributed by atoms with Gasteiger partial charge in [-0.3, -0.25) is 62.7 Å². The Morgan fingerprint density at radius 1 is 0.680 bits per heavy atom. The molecule has 4 heterocycles. The first-order valence-corrected chi connectivity index (χ1v) is 32.7. The Hall–Kier alpha value is -10.3. The van der Waals surface area contributed by atoms with Crippen LogP contribution in [0.5, 0.6) is 5.75 Å². The number of benzene rings is 4. The van der Waals surface area contributed by atoms with Crippen molar-refractivity contribution in [3.05, 3.63) is 112 Å². The second-order valence-corrected chi connectivity index (χ2v) is 25.3. The maximum absolute atomic E-state index is 15.2. The van der Waals surface area contributed by atoms with Gasteiger partial charge in [-0.25, -0.2) is 4.99 Å². The molecule has 2 fully saturated rings. The number of hydrogen-bond donors (Lipinski definition) is 15. The monoisotopic (exact) mass is 1400 g/mol. The zero-order valence-corrected chi connectivity index (χ0v) is 55.2. The van der Waals surface area contributed by atoms with Crippen molar-refractivity contribution in [2.45, 2.75) is 139 Å². The molecule has 31 heteroatoms. The topological polar surface area (TPSA) is 471 Å². The number of guanidine groups is 1. The Labute approximate surface area is 566 Å². The van der Waals surface area contributed by atoms with Crippen molar-refractivity contribution in [3.63, 3.8) is 0 Å². The lowest BCUT2D eigenvalue weighted by Crippen LogP contribution is -2.61. The molecule has 516 valence electrons.